The minimum Gasteiger partial charge on any atom is -0.462 e. The Kier molecular flexibility index (Phi) is 6.46. The van der Waals surface area contributed by atoms with Gasteiger partial charge in [-0.3, -0.25) is 15.0 Å². The fourth-order valence-electron chi connectivity index (χ4n) is 1.51. The maximum atomic E-state index is 11.8. The first-order valence-corrected chi connectivity index (χ1v) is 6.47. The summed E-state index contributed by atoms with van der Waals surface area (Å²) in [6.07, 6.45) is 1.75. The van der Waals surface area contributed by atoms with Gasteiger partial charge in [0, 0.05) is 5.56 Å². The first kappa shape index (κ1) is 15.9. The minimum atomic E-state index is -0.650. The van der Waals surface area contributed by atoms with Gasteiger partial charge in [0.1, 0.15) is 6.04 Å². The third kappa shape index (κ3) is 5.24. The van der Waals surface area contributed by atoms with Crippen LogP contribution in [0.4, 0.5) is 0 Å². The number of benzene rings is 1. The number of hydrogen-bond donors (Lipinski definition) is 2. The summed E-state index contributed by atoms with van der Waals surface area (Å²) in [5, 5.41) is 0. The third-order valence-corrected chi connectivity index (χ3v) is 2.43. The maximum Gasteiger partial charge on any atom is 0.325 e. The SMILES string of the molecule is C=CC[C@@H](NNC(=O)c1ccccc1)C(=O)OC(C)C. The maximum absolute atomic E-state index is 11.8. The molecule has 108 valence electrons. The molecule has 2 N–H and O–H groups in total. The van der Waals surface area contributed by atoms with Crippen LogP contribution in [-0.4, -0.2) is 24.0 Å². The number of hydrazine groups is 1. The van der Waals surface area contributed by atoms with E-state index in [0.717, 1.165) is 0 Å². The summed E-state index contributed by atoms with van der Waals surface area (Å²) < 4.78 is 5.10. The molecule has 0 fully saturated rings. The molecule has 0 aliphatic heterocycles. The van der Waals surface area contributed by atoms with Gasteiger partial charge in [-0.2, -0.15) is 0 Å². The Labute approximate surface area is 119 Å². The highest BCUT2D eigenvalue weighted by atomic mass is 16.5. The molecule has 0 radical (unpaired) electrons. The van der Waals surface area contributed by atoms with Gasteiger partial charge < -0.3 is 4.74 Å². The Morgan fingerprint density at radius 1 is 1.30 bits per heavy atom. The molecule has 20 heavy (non-hydrogen) atoms. The van der Waals surface area contributed by atoms with Crippen LogP contribution >= 0.6 is 0 Å². The highest BCUT2D eigenvalue weighted by Gasteiger charge is 2.20. The van der Waals surface area contributed by atoms with Crippen LogP contribution in [0.1, 0.15) is 30.6 Å². The lowest BCUT2D eigenvalue weighted by molar-refractivity contribution is -0.150. The molecule has 1 aromatic rings. The van der Waals surface area contributed by atoms with Crippen molar-refractivity contribution in [2.24, 2.45) is 0 Å². The molecule has 0 bridgehead atoms. The quantitative estimate of drug-likeness (QED) is 0.453. The van der Waals surface area contributed by atoms with E-state index in [2.05, 4.69) is 17.4 Å². The van der Waals surface area contributed by atoms with Crippen LogP contribution in [0.2, 0.25) is 0 Å². The summed E-state index contributed by atoms with van der Waals surface area (Å²) in [7, 11) is 0. The molecule has 5 heteroatoms. The monoisotopic (exact) mass is 276 g/mol. The number of amides is 1. The van der Waals surface area contributed by atoms with Crippen molar-refractivity contribution < 1.29 is 14.3 Å². The van der Waals surface area contributed by atoms with Gasteiger partial charge in [0.25, 0.3) is 5.91 Å². The molecule has 0 heterocycles. The van der Waals surface area contributed by atoms with E-state index in [-0.39, 0.29) is 12.0 Å². The van der Waals surface area contributed by atoms with E-state index in [9.17, 15) is 9.59 Å². The van der Waals surface area contributed by atoms with Gasteiger partial charge in [0.2, 0.25) is 0 Å². The molecule has 0 saturated heterocycles. The average Bonchev–Trinajstić information content (AvgIpc) is 2.43. The summed E-state index contributed by atoms with van der Waals surface area (Å²) in [4.78, 5) is 23.7. The Morgan fingerprint density at radius 2 is 1.95 bits per heavy atom. The van der Waals surface area contributed by atoms with E-state index >= 15 is 0 Å². The van der Waals surface area contributed by atoms with Crippen molar-refractivity contribution in [3.05, 3.63) is 48.6 Å². The van der Waals surface area contributed by atoms with Gasteiger partial charge in [-0.25, -0.2) is 5.43 Å². The van der Waals surface area contributed by atoms with Crippen LogP contribution in [0.3, 0.4) is 0 Å². The highest BCUT2D eigenvalue weighted by molar-refractivity contribution is 5.94. The first-order valence-electron chi connectivity index (χ1n) is 6.47. The Balaban J connectivity index is 2.56. The van der Waals surface area contributed by atoms with Gasteiger partial charge in [-0.15, -0.1) is 6.58 Å². The van der Waals surface area contributed by atoms with Crippen molar-refractivity contribution in [3.63, 3.8) is 0 Å². The molecule has 0 spiro atoms. The minimum absolute atomic E-state index is 0.207. The summed E-state index contributed by atoms with van der Waals surface area (Å²) in [5.41, 5.74) is 5.69. The van der Waals surface area contributed by atoms with Crippen LogP contribution in [0, 0.1) is 0 Å². The van der Waals surface area contributed by atoms with E-state index < -0.39 is 12.0 Å². The number of carbonyl (C=O) groups is 2. The van der Waals surface area contributed by atoms with E-state index in [0.29, 0.717) is 12.0 Å². The van der Waals surface area contributed by atoms with Gasteiger partial charge in [-0.05, 0) is 32.4 Å². The van der Waals surface area contributed by atoms with Crippen LogP contribution in [0.15, 0.2) is 43.0 Å². The van der Waals surface area contributed by atoms with Crippen molar-refractivity contribution in [1.29, 1.82) is 0 Å². The Bertz CT molecular complexity index is 457. The lowest BCUT2D eigenvalue weighted by atomic mass is 10.2. The molecule has 5 nitrogen and oxygen atoms in total. The lowest BCUT2D eigenvalue weighted by Gasteiger charge is -2.18. The van der Waals surface area contributed by atoms with Crippen molar-refractivity contribution in [2.75, 3.05) is 0 Å². The second-order valence-corrected chi connectivity index (χ2v) is 4.53. The second-order valence-electron chi connectivity index (χ2n) is 4.53. The van der Waals surface area contributed by atoms with Crippen molar-refractivity contribution in [3.8, 4) is 0 Å². The van der Waals surface area contributed by atoms with Crippen molar-refractivity contribution >= 4 is 11.9 Å². The van der Waals surface area contributed by atoms with Crippen LogP contribution in [0.25, 0.3) is 0 Å². The normalized spacial score (nSPS) is 11.8. The van der Waals surface area contributed by atoms with Crippen LogP contribution in [-0.2, 0) is 9.53 Å². The van der Waals surface area contributed by atoms with Crippen molar-refractivity contribution in [2.45, 2.75) is 32.4 Å². The van der Waals surface area contributed by atoms with Crippen LogP contribution < -0.4 is 10.9 Å². The van der Waals surface area contributed by atoms with E-state index in [4.69, 9.17) is 4.74 Å². The number of hydrogen-bond acceptors (Lipinski definition) is 4. The molecule has 0 unspecified atom stereocenters. The summed E-state index contributed by atoms with van der Waals surface area (Å²) in [6.45, 7) is 7.13. The standard InChI is InChI=1S/C15H20N2O3/c1-4-8-13(15(19)20-11(2)3)16-17-14(18)12-9-6-5-7-10-12/h4-7,9-11,13,16H,1,8H2,2-3H3,(H,17,18)/t13-/m1/s1. The molecule has 1 rings (SSSR count). The number of carbonyl (C=O) groups excluding carboxylic acids is 2. The molecule has 0 aromatic heterocycles. The zero-order chi connectivity index (χ0) is 15.0. The van der Waals surface area contributed by atoms with E-state index in [1.54, 1.807) is 44.2 Å². The van der Waals surface area contributed by atoms with Gasteiger partial charge in [-0.1, -0.05) is 24.3 Å². The van der Waals surface area contributed by atoms with Gasteiger partial charge in [0.05, 0.1) is 6.10 Å². The topological polar surface area (TPSA) is 67.4 Å². The third-order valence-electron chi connectivity index (χ3n) is 2.43. The number of rotatable bonds is 7. The fourth-order valence-corrected chi connectivity index (χ4v) is 1.51. The molecule has 1 amide bonds. The van der Waals surface area contributed by atoms with Gasteiger partial charge >= 0.3 is 5.97 Å². The second kappa shape index (κ2) is 8.12. The van der Waals surface area contributed by atoms with Crippen molar-refractivity contribution in [1.82, 2.24) is 10.9 Å². The van der Waals surface area contributed by atoms with E-state index in [1.165, 1.54) is 0 Å². The largest absolute Gasteiger partial charge is 0.462 e. The van der Waals surface area contributed by atoms with E-state index in [1.807, 2.05) is 6.07 Å². The number of nitrogens with one attached hydrogen (secondary N) is 2. The number of ether oxygens (including phenoxy) is 1. The predicted molar refractivity (Wildman–Crippen MR) is 76.9 cm³/mol. The fraction of sp³-hybridized carbons (Fsp3) is 0.333. The summed E-state index contributed by atoms with van der Waals surface area (Å²) in [5.74, 6) is -0.731. The van der Waals surface area contributed by atoms with Crippen LogP contribution in [0.5, 0.6) is 0 Å². The lowest BCUT2D eigenvalue weighted by Crippen LogP contribution is -2.49. The summed E-state index contributed by atoms with van der Waals surface area (Å²) in [6, 6.07) is 8.08. The highest BCUT2D eigenvalue weighted by Crippen LogP contribution is 2.01. The molecule has 0 aliphatic rings. The first-order chi connectivity index (χ1) is 9.54. The molecule has 1 aromatic carbocycles. The molecular formula is C15H20N2O3. The predicted octanol–water partition coefficient (Wildman–Crippen LogP) is 1.82. The Morgan fingerprint density at radius 3 is 2.50 bits per heavy atom. The molecule has 0 saturated carbocycles. The number of esters is 1. The zero-order valence-corrected chi connectivity index (χ0v) is 11.8. The molecular weight excluding hydrogens is 256 g/mol. The molecule has 0 aliphatic carbocycles. The average molecular weight is 276 g/mol. The van der Waals surface area contributed by atoms with Gasteiger partial charge in [0.15, 0.2) is 0 Å². The Hall–Kier alpha value is -2.14. The smallest absolute Gasteiger partial charge is 0.325 e. The zero-order valence-electron chi connectivity index (χ0n) is 11.8. The summed E-state index contributed by atoms with van der Waals surface area (Å²) >= 11 is 0. The molecule has 1 atom stereocenters.